The number of hydrogen-bond acceptors (Lipinski definition) is 3. The van der Waals surface area contributed by atoms with Crippen LogP contribution in [0, 0.1) is 6.92 Å². The molecule has 0 radical (unpaired) electrons. The van der Waals surface area contributed by atoms with Crippen LogP contribution in [-0.4, -0.2) is 16.3 Å². The fourth-order valence-electron chi connectivity index (χ4n) is 2.13. The summed E-state index contributed by atoms with van der Waals surface area (Å²) < 4.78 is 7.90. The Kier molecular flexibility index (Phi) is 5.39. The molecule has 0 saturated carbocycles. The van der Waals surface area contributed by atoms with Gasteiger partial charge in [0, 0.05) is 18.2 Å². The van der Waals surface area contributed by atoms with Gasteiger partial charge < -0.3 is 10.1 Å². The van der Waals surface area contributed by atoms with Gasteiger partial charge in [0.05, 0.1) is 12.4 Å². The Morgan fingerprint density at radius 3 is 2.81 bits per heavy atom. The fourth-order valence-corrected chi connectivity index (χ4v) is 2.13. The van der Waals surface area contributed by atoms with E-state index >= 15 is 0 Å². The minimum absolute atomic E-state index is 0.339. The van der Waals surface area contributed by atoms with Crippen molar-refractivity contribution in [3.8, 4) is 11.5 Å². The van der Waals surface area contributed by atoms with Gasteiger partial charge in [-0.3, -0.25) is 4.68 Å². The molecule has 2 rings (SSSR count). The maximum absolute atomic E-state index is 6.00. The molecule has 1 aromatic carbocycles. The number of nitrogens with one attached hydrogen (secondary N) is 1. The lowest BCUT2D eigenvalue weighted by atomic mass is 10.1. The van der Waals surface area contributed by atoms with Gasteiger partial charge in [-0.15, -0.1) is 0 Å². The van der Waals surface area contributed by atoms with Crippen LogP contribution in [0.25, 0.3) is 0 Å². The molecular formula is C17H25N3O. The summed E-state index contributed by atoms with van der Waals surface area (Å²) in [6, 6.07) is 6.62. The Hall–Kier alpha value is -1.81. The van der Waals surface area contributed by atoms with E-state index in [0.29, 0.717) is 6.04 Å². The first-order chi connectivity index (χ1) is 10.1. The summed E-state index contributed by atoms with van der Waals surface area (Å²) in [6.07, 6.45) is 4.83. The highest BCUT2D eigenvalue weighted by Crippen LogP contribution is 2.26. The number of nitrogens with zero attached hydrogens (tertiary/aromatic N) is 2. The van der Waals surface area contributed by atoms with E-state index in [0.717, 1.165) is 31.0 Å². The quantitative estimate of drug-likeness (QED) is 0.780. The average molecular weight is 287 g/mol. The SMILES string of the molecule is CCCNCc1cc(C)ccc1Oc1cnn(C(C)C)c1. The minimum Gasteiger partial charge on any atom is -0.454 e. The molecule has 1 heterocycles. The summed E-state index contributed by atoms with van der Waals surface area (Å²) in [5.41, 5.74) is 2.43. The molecule has 2 aromatic rings. The zero-order valence-corrected chi connectivity index (χ0v) is 13.4. The van der Waals surface area contributed by atoms with Crippen molar-refractivity contribution in [3.63, 3.8) is 0 Å². The Labute approximate surface area is 127 Å². The first kappa shape index (κ1) is 15.6. The third-order valence-electron chi connectivity index (χ3n) is 3.29. The number of ether oxygens (including phenoxy) is 1. The molecule has 0 atom stereocenters. The van der Waals surface area contributed by atoms with Gasteiger partial charge in [0.2, 0.25) is 0 Å². The normalized spacial score (nSPS) is 11.1. The van der Waals surface area contributed by atoms with Gasteiger partial charge >= 0.3 is 0 Å². The lowest BCUT2D eigenvalue weighted by Crippen LogP contribution is -2.14. The van der Waals surface area contributed by atoms with Gasteiger partial charge in [-0.05, 0) is 39.8 Å². The Morgan fingerprint density at radius 1 is 1.33 bits per heavy atom. The molecule has 0 fully saturated rings. The summed E-state index contributed by atoms with van der Waals surface area (Å²) in [4.78, 5) is 0. The number of aryl methyl sites for hydroxylation is 1. The van der Waals surface area contributed by atoms with Crippen LogP contribution in [0.4, 0.5) is 0 Å². The van der Waals surface area contributed by atoms with Gasteiger partial charge in [0.1, 0.15) is 5.75 Å². The smallest absolute Gasteiger partial charge is 0.165 e. The van der Waals surface area contributed by atoms with Crippen LogP contribution in [0.1, 0.15) is 44.4 Å². The van der Waals surface area contributed by atoms with Gasteiger partial charge in [0.25, 0.3) is 0 Å². The zero-order valence-electron chi connectivity index (χ0n) is 13.4. The second-order valence-electron chi connectivity index (χ2n) is 5.64. The van der Waals surface area contributed by atoms with Crippen molar-refractivity contribution >= 4 is 0 Å². The molecule has 0 spiro atoms. The summed E-state index contributed by atoms with van der Waals surface area (Å²) in [6.45, 7) is 10.3. The van der Waals surface area contributed by atoms with E-state index in [1.165, 1.54) is 11.1 Å². The summed E-state index contributed by atoms with van der Waals surface area (Å²) >= 11 is 0. The summed E-state index contributed by atoms with van der Waals surface area (Å²) in [7, 11) is 0. The lowest BCUT2D eigenvalue weighted by molar-refractivity contribution is 0.468. The molecule has 0 aliphatic heterocycles. The first-order valence-electron chi connectivity index (χ1n) is 7.62. The Balaban J connectivity index is 2.13. The van der Waals surface area contributed by atoms with Crippen LogP contribution in [-0.2, 0) is 6.54 Å². The molecule has 4 nitrogen and oxygen atoms in total. The van der Waals surface area contributed by atoms with E-state index in [-0.39, 0.29) is 0 Å². The number of aromatic nitrogens is 2. The van der Waals surface area contributed by atoms with Crippen molar-refractivity contribution in [1.29, 1.82) is 0 Å². The van der Waals surface area contributed by atoms with Crippen molar-refractivity contribution in [2.24, 2.45) is 0 Å². The summed E-state index contributed by atoms with van der Waals surface area (Å²) in [5, 5.41) is 7.74. The predicted octanol–water partition coefficient (Wildman–Crippen LogP) is 4.06. The molecular weight excluding hydrogens is 262 g/mol. The van der Waals surface area contributed by atoms with E-state index in [9.17, 15) is 0 Å². The lowest BCUT2D eigenvalue weighted by Gasteiger charge is -2.11. The van der Waals surface area contributed by atoms with Crippen molar-refractivity contribution < 1.29 is 4.74 Å². The van der Waals surface area contributed by atoms with Gasteiger partial charge in [-0.1, -0.05) is 24.6 Å². The second-order valence-corrected chi connectivity index (χ2v) is 5.64. The van der Waals surface area contributed by atoms with Crippen LogP contribution >= 0.6 is 0 Å². The Bertz CT molecular complexity index is 575. The maximum atomic E-state index is 6.00. The van der Waals surface area contributed by atoms with Crippen LogP contribution in [0.15, 0.2) is 30.6 Å². The number of rotatable bonds is 7. The van der Waals surface area contributed by atoms with E-state index in [2.05, 4.69) is 50.2 Å². The molecule has 0 aliphatic carbocycles. The topological polar surface area (TPSA) is 39.1 Å². The molecule has 1 aromatic heterocycles. The van der Waals surface area contributed by atoms with Crippen LogP contribution in [0.2, 0.25) is 0 Å². The minimum atomic E-state index is 0.339. The van der Waals surface area contributed by atoms with E-state index < -0.39 is 0 Å². The van der Waals surface area contributed by atoms with Crippen molar-refractivity contribution in [3.05, 3.63) is 41.7 Å². The zero-order chi connectivity index (χ0) is 15.2. The van der Waals surface area contributed by atoms with Gasteiger partial charge in [-0.2, -0.15) is 5.10 Å². The van der Waals surface area contributed by atoms with Crippen LogP contribution in [0.5, 0.6) is 11.5 Å². The highest BCUT2D eigenvalue weighted by atomic mass is 16.5. The standard InChI is InChI=1S/C17H25N3O/c1-5-8-18-10-15-9-14(4)6-7-17(15)21-16-11-19-20(12-16)13(2)3/h6-7,9,11-13,18H,5,8,10H2,1-4H3. The largest absolute Gasteiger partial charge is 0.454 e. The maximum Gasteiger partial charge on any atom is 0.165 e. The monoisotopic (exact) mass is 287 g/mol. The predicted molar refractivity (Wildman–Crippen MR) is 85.9 cm³/mol. The third kappa shape index (κ3) is 4.33. The molecule has 0 bridgehead atoms. The molecule has 4 heteroatoms. The highest BCUT2D eigenvalue weighted by Gasteiger charge is 2.08. The average Bonchev–Trinajstić information content (AvgIpc) is 2.91. The Morgan fingerprint density at radius 2 is 2.14 bits per heavy atom. The van der Waals surface area contributed by atoms with Gasteiger partial charge in [0.15, 0.2) is 5.75 Å². The van der Waals surface area contributed by atoms with Crippen LogP contribution in [0.3, 0.4) is 0 Å². The van der Waals surface area contributed by atoms with Crippen molar-refractivity contribution in [2.45, 2.75) is 46.7 Å². The van der Waals surface area contributed by atoms with E-state index in [4.69, 9.17) is 4.74 Å². The molecule has 0 saturated heterocycles. The molecule has 0 aliphatic rings. The van der Waals surface area contributed by atoms with Crippen LogP contribution < -0.4 is 10.1 Å². The molecule has 0 amide bonds. The summed E-state index contributed by atoms with van der Waals surface area (Å²) in [5.74, 6) is 1.68. The number of benzene rings is 1. The fraction of sp³-hybridized carbons (Fsp3) is 0.471. The molecule has 114 valence electrons. The van der Waals surface area contributed by atoms with Gasteiger partial charge in [-0.25, -0.2) is 0 Å². The number of hydrogen-bond donors (Lipinski definition) is 1. The highest BCUT2D eigenvalue weighted by molar-refractivity contribution is 5.39. The molecule has 0 unspecified atom stereocenters. The van der Waals surface area contributed by atoms with E-state index in [1.54, 1.807) is 6.20 Å². The molecule has 1 N–H and O–H groups in total. The third-order valence-corrected chi connectivity index (χ3v) is 3.29. The second kappa shape index (κ2) is 7.27. The first-order valence-corrected chi connectivity index (χ1v) is 7.62. The molecule has 21 heavy (non-hydrogen) atoms. The van der Waals surface area contributed by atoms with Crippen molar-refractivity contribution in [1.82, 2.24) is 15.1 Å². The van der Waals surface area contributed by atoms with E-state index in [1.807, 2.05) is 16.9 Å². The van der Waals surface area contributed by atoms with Crippen molar-refractivity contribution in [2.75, 3.05) is 6.54 Å².